The minimum atomic E-state index is -0.390. The number of aromatic hydroxyl groups is 2. The van der Waals surface area contributed by atoms with Gasteiger partial charge in [0, 0.05) is 36.5 Å². The molecular weight excluding hydrogens is 711 g/mol. The van der Waals surface area contributed by atoms with Gasteiger partial charge < -0.3 is 14.8 Å². The Kier molecular flexibility index (Phi) is 7.48. The van der Waals surface area contributed by atoms with Crippen molar-refractivity contribution in [3.8, 4) is 50.6 Å². The van der Waals surface area contributed by atoms with Gasteiger partial charge in [-0.15, -0.1) is 11.3 Å². The van der Waals surface area contributed by atoms with Crippen LogP contribution in [0, 0.1) is 0 Å². The third-order valence-electron chi connectivity index (χ3n) is 11.5. The lowest BCUT2D eigenvalue weighted by Gasteiger charge is -2.23. The minimum Gasteiger partial charge on any atom is -0.509 e. The molecule has 11 aromatic rings. The number of fused-ring (bicyclic) bond motifs is 8. The Labute approximate surface area is 336 Å². The van der Waals surface area contributed by atoms with E-state index in [0.29, 0.717) is 11.1 Å². The van der Waals surface area contributed by atoms with Crippen molar-refractivity contribution in [3.05, 3.63) is 158 Å². The predicted octanol–water partition coefficient (Wildman–Crippen LogP) is 10.3. The van der Waals surface area contributed by atoms with Gasteiger partial charge in [0.1, 0.15) is 35.0 Å². The summed E-state index contributed by atoms with van der Waals surface area (Å²) in [5.41, 5.74) is 8.71. The molecule has 9 aromatic carbocycles. The van der Waals surface area contributed by atoms with Crippen molar-refractivity contribution in [2.24, 2.45) is 0 Å². The Bertz CT molecular complexity index is 3340. The van der Waals surface area contributed by atoms with E-state index in [2.05, 4.69) is 126 Å². The van der Waals surface area contributed by atoms with Crippen molar-refractivity contribution in [1.29, 1.82) is 0 Å². The van der Waals surface area contributed by atoms with Gasteiger partial charge in [-0.05, 0) is 90.0 Å². The number of para-hydroxylation sites is 2. The van der Waals surface area contributed by atoms with Crippen molar-refractivity contribution in [2.75, 3.05) is 0 Å². The zero-order valence-electron chi connectivity index (χ0n) is 30.5. The first-order chi connectivity index (χ1) is 27.9. The Morgan fingerprint density at radius 1 is 0.386 bits per heavy atom. The number of rotatable bonds is 4. The third kappa shape index (κ3) is 4.82. The molecule has 0 bridgehead atoms. The monoisotopic (exact) mass is 739 g/mol. The highest BCUT2D eigenvalue weighted by molar-refractivity contribution is 7.25. The van der Waals surface area contributed by atoms with E-state index >= 15 is 0 Å². The summed E-state index contributed by atoms with van der Waals surface area (Å²) >= 11 is 1.83. The fourth-order valence-corrected chi connectivity index (χ4v) is 10.1. The summed E-state index contributed by atoms with van der Waals surface area (Å²) in [5.74, 6) is -0.781. The minimum absolute atomic E-state index is 0.0182. The second-order valence-corrected chi connectivity index (χ2v) is 15.6. The molecule has 0 saturated carbocycles. The smallest absolute Gasteiger partial charge is 0.124 e. The molecule has 260 valence electrons. The Morgan fingerprint density at radius 2 is 0.842 bits per heavy atom. The van der Waals surface area contributed by atoms with Crippen LogP contribution in [0.25, 0.3) is 103 Å². The zero-order chi connectivity index (χ0) is 38.5. The summed E-state index contributed by atoms with van der Waals surface area (Å²) in [6.45, 7) is 0. The van der Waals surface area contributed by atoms with Gasteiger partial charge in [-0.1, -0.05) is 133 Å². The molecule has 0 amide bonds. The Hall–Kier alpha value is -6.69. The van der Waals surface area contributed by atoms with Crippen LogP contribution < -0.4 is 16.4 Å². The molecule has 0 aliphatic rings. The fourth-order valence-electron chi connectivity index (χ4n) is 9.01. The summed E-state index contributed by atoms with van der Waals surface area (Å²) in [6.07, 6.45) is 0. The van der Waals surface area contributed by atoms with E-state index in [-0.39, 0.29) is 16.4 Å². The lowest BCUT2D eigenvalue weighted by Crippen LogP contribution is -2.28. The van der Waals surface area contributed by atoms with Crippen LogP contribution >= 0.6 is 11.3 Å². The van der Waals surface area contributed by atoms with Crippen LogP contribution in [0.4, 0.5) is 0 Å². The number of phenols is 2. The molecule has 0 spiro atoms. The van der Waals surface area contributed by atoms with Crippen LogP contribution in [-0.2, 0) is 0 Å². The summed E-state index contributed by atoms with van der Waals surface area (Å²) < 4.78 is 4.96. The number of phenolic OH excluding ortho intramolecular Hbond substituents is 2. The van der Waals surface area contributed by atoms with Gasteiger partial charge in [0.25, 0.3) is 0 Å². The van der Waals surface area contributed by atoms with Gasteiger partial charge in [0.2, 0.25) is 0 Å². The first kappa shape index (κ1) is 33.6. The molecule has 3 nitrogen and oxygen atoms in total. The number of thiophene rings is 1. The van der Waals surface area contributed by atoms with Crippen molar-refractivity contribution in [3.63, 3.8) is 0 Å². The topological polar surface area (TPSA) is 45.4 Å². The van der Waals surface area contributed by atoms with E-state index in [1.165, 1.54) is 47.7 Å². The van der Waals surface area contributed by atoms with Crippen LogP contribution in [0.15, 0.2) is 158 Å². The van der Waals surface area contributed by atoms with E-state index in [1.54, 1.807) is 0 Å². The van der Waals surface area contributed by atoms with Crippen molar-refractivity contribution in [2.45, 2.75) is 0 Å². The van der Waals surface area contributed by atoms with E-state index in [1.807, 2.05) is 47.7 Å². The molecule has 0 saturated heterocycles. The van der Waals surface area contributed by atoms with Crippen molar-refractivity contribution in [1.82, 2.24) is 4.57 Å². The molecule has 0 atom stereocenters. The number of hydrogen-bond donors (Lipinski definition) is 2. The first-order valence-corrected chi connectivity index (χ1v) is 19.6. The highest BCUT2D eigenvalue weighted by Crippen LogP contribution is 2.47. The summed E-state index contributed by atoms with van der Waals surface area (Å²) in [7, 11) is 19.0. The molecule has 57 heavy (non-hydrogen) atoms. The molecule has 0 fully saturated rings. The maximum Gasteiger partial charge on any atom is 0.124 e. The predicted molar refractivity (Wildman–Crippen MR) is 244 cm³/mol. The van der Waals surface area contributed by atoms with Gasteiger partial charge in [-0.3, -0.25) is 0 Å². The number of hydrogen-bond acceptors (Lipinski definition) is 3. The molecular formula is C50H28B3NO2S. The van der Waals surface area contributed by atoms with Crippen LogP contribution in [0.3, 0.4) is 0 Å². The standard InChI is InChI=1S/C50H28B3NO2S/c51-45-44(46(52)50(56)47(53)49(45)55)42-34-15-3-1-13-32(34)41(33-14-2-4-16-35(33)42)28-23-21-27(22-24-28)29-25-26-40-43(36-17-7-10-20-39(36)57-40)48(29)54-37-18-8-5-11-30(37)31-12-6-9-19-38(31)54/h1-26,55-56H. The van der Waals surface area contributed by atoms with Crippen LogP contribution in [-0.4, -0.2) is 38.3 Å². The number of benzene rings is 9. The van der Waals surface area contributed by atoms with Crippen LogP contribution in [0.5, 0.6) is 11.5 Å². The van der Waals surface area contributed by atoms with Gasteiger partial charge in [-0.25, -0.2) is 0 Å². The van der Waals surface area contributed by atoms with Gasteiger partial charge in [0.15, 0.2) is 0 Å². The van der Waals surface area contributed by atoms with Crippen LogP contribution in [0.2, 0.25) is 0 Å². The highest BCUT2D eigenvalue weighted by atomic mass is 32.1. The first-order valence-electron chi connectivity index (χ1n) is 18.8. The fraction of sp³-hybridized carbons (Fsp3) is 0. The van der Waals surface area contributed by atoms with E-state index in [9.17, 15) is 10.2 Å². The van der Waals surface area contributed by atoms with E-state index < -0.39 is 11.5 Å². The second-order valence-electron chi connectivity index (χ2n) is 14.5. The molecule has 2 aromatic heterocycles. The van der Waals surface area contributed by atoms with Gasteiger partial charge in [-0.2, -0.15) is 0 Å². The Balaban J connectivity index is 1.17. The summed E-state index contributed by atoms with van der Waals surface area (Å²) in [6, 6.07) is 55.7. The van der Waals surface area contributed by atoms with Gasteiger partial charge >= 0.3 is 0 Å². The quantitative estimate of drug-likeness (QED) is 0.140. The zero-order valence-corrected chi connectivity index (χ0v) is 31.3. The van der Waals surface area contributed by atoms with Crippen molar-refractivity contribution >= 4 is 115 Å². The second kappa shape index (κ2) is 12.7. The molecule has 6 radical (unpaired) electrons. The lowest BCUT2D eigenvalue weighted by molar-refractivity contribution is 0.464. The van der Waals surface area contributed by atoms with Crippen LogP contribution in [0.1, 0.15) is 0 Å². The lowest BCUT2D eigenvalue weighted by atomic mass is 9.70. The van der Waals surface area contributed by atoms with E-state index in [4.69, 9.17) is 23.5 Å². The highest BCUT2D eigenvalue weighted by Gasteiger charge is 2.24. The summed E-state index contributed by atoms with van der Waals surface area (Å²) in [4.78, 5) is 0. The number of aromatic nitrogens is 1. The SMILES string of the molecule is [B]c1c(O)c([B])c(-c2c3ccccc3c(-c3ccc(-c4ccc5sc6ccccc6c5c4-n4c5ccccc5c5ccccc54)cc3)c3ccccc23)c([B])c1O. The van der Waals surface area contributed by atoms with Gasteiger partial charge in [0.05, 0.1) is 16.7 Å². The normalized spacial score (nSPS) is 11.9. The third-order valence-corrected chi connectivity index (χ3v) is 12.7. The molecule has 2 heterocycles. The largest absolute Gasteiger partial charge is 0.509 e. The molecule has 2 N–H and O–H groups in total. The molecule has 11 rings (SSSR count). The molecule has 0 aliphatic heterocycles. The maximum atomic E-state index is 10.9. The van der Waals surface area contributed by atoms with Crippen molar-refractivity contribution < 1.29 is 10.2 Å². The van der Waals surface area contributed by atoms with E-state index in [0.717, 1.165) is 43.8 Å². The maximum absolute atomic E-state index is 10.9. The molecule has 0 unspecified atom stereocenters. The number of nitrogens with zero attached hydrogens (tertiary/aromatic N) is 1. The summed E-state index contributed by atoms with van der Waals surface area (Å²) in [5, 5.41) is 30.4. The average molecular weight is 739 g/mol. The molecule has 7 heteroatoms. The molecule has 0 aliphatic carbocycles. The Morgan fingerprint density at radius 3 is 1.40 bits per heavy atom. The average Bonchev–Trinajstić information content (AvgIpc) is 3.81.